The molecule has 0 N–H and O–H groups in total. The Bertz CT molecular complexity index is 5000. The van der Waals surface area contributed by atoms with E-state index in [1.54, 1.807) is 0 Å². The predicted molar refractivity (Wildman–Crippen MR) is 348 cm³/mol. The summed E-state index contributed by atoms with van der Waals surface area (Å²) >= 11 is 3.72. The second-order valence-corrected chi connectivity index (χ2v) is 22.6. The molecule has 6 heteroatoms. The number of thiophene rings is 2. The van der Waals surface area contributed by atoms with Crippen molar-refractivity contribution in [2.45, 2.75) is 0 Å². The first kappa shape index (κ1) is 48.9. The number of hydrogen-bond donors (Lipinski definition) is 0. The second kappa shape index (κ2) is 21.1. The molecule has 0 amide bonds. The van der Waals surface area contributed by atoms with E-state index in [1.807, 2.05) is 71.2 Å². The van der Waals surface area contributed by atoms with Crippen LogP contribution in [0.15, 0.2) is 291 Å². The first-order valence-corrected chi connectivity index (χ1v) is 29.1. The van der Waals surface area contributed by atoms with Crippen LogP contribution in [0.2, 0.25) is 0 Å². The summed E-state index contributed by atoms with van der Waals surface area (Å²) in [6.45, 7) is 0. The van der Waals surface area contributed by atoms with Gasteiger partial charge in [0, 0.05) is 73.4 Å². The van der Waals surface area contributed by atoms with Gasteiger partial charge in [0.15, 0.2) is 11.6 Å². The minimum Gasteiger partial charge on any atom is -0.228 e. The number of hydrogen-bond acceptors (Lipinski definition) is 6. The molecular weight excluding hydrogens is 1030 g/mol. The summed E-state index contributed by atoms with van der Waals surface area (Å²) in [7, 11) is 0. The van der Waals surface area contributed by atoms with E-state index in [-0.39, 0.29) is 0 Å². The molecule has 0 saturated carbocycles. The Labute approximate surface area is 482 Å². The molecule has 384 valence electrons. The molecule has 4 heterocycles. The van der Waals surface area contributed by atoms with Crippen molar-refractivity contribution >= 4 is 84.8 Å². The molecule has 0 saturated heterocycles. The number of aromatic nitrogens is 4. The summed E-state index contributed by atoms with van der Waals surface area (Å²) in [5.41, 5.74) is 17.6. The van der Waals surface area contributed by atoms with E-state index in [2.05, 4.69) is 243 Å². The topological polar surface area (TPSA) is 51.6 Å². The van der Waals surface area contributed by atoms with Crippen molar-refractivity contribution in [2.75, 3.05) is 0 Å². The van der Waals surface area contributed by atoms with Gasteiger partial charge in [0.2, 0.25) is 0 Å². The van der Waals surface area contributed by atoms with Gasteiger partial charge < -0.3 is 0 Å². The third-order valence-electron chi connectivity index (χ3n) is 15.4. The molecule has 12 aromatic carbocycles. The van der Waals surface area contributed by atoms with Crippen LogP contribution in [-0.4, -0.2) is 19.9 Å². The van der Waals surface area contributed by atoms with E-state index >= 15 is 0 Å². The third-order valence-corrected chi connectivity index (χ3v) is 17.7. The molecule has 4 aromatic heterocycles. The van der Waals surface area contributed by atoms with Crippen molar-refractivity contribution in [2.24, 2.45) is 0 Å². The van der Waals surface area contributed by atoms with Gasteiger partial charge >= 0.3 is 0 Å². The zero-order valence-electron chi connectivity index (χ0n) is 44.3. The smallest absolute Gasteiger partial charge is 0.160 e. The van der Waals surface area contributed by atoms with Crippen LogP contribution in [0.4, 0.5) is 0 Å². The van der Waals surface area contributed by atoms with Gasteiger partial charge in [-0.05, 0) is 93.0 Å². The number of nitrogens with zero attached hydrogens (tertiary/aromatic N) is 4. The van der Waals surface area contributed by atoms with Crippen LogP contribution in [0, 0.1) is 0 Å². The van der Waals surface area contributed by atoms with Gasteiger partial charge in [0.05, 0.1) is 22.4 Å². The Balaban J connectivity index is 0.000000140. The summed E-state index contributed by atoms with van der Waals surface area (Å²) in [5, 5.41) is 7.42. The highest BCUT2D eigenvalue weighted by Gasteiger charge is 2.17. The molecule has 16 rings (SSSR count). The van der Waals surface area contributed by atoms with Crippen molar-refractivity contribution in [3.63, 3.8) is 0 Å². The number of rotatable bonds is 8. The minimum absolute atomic E-state index is 0.737. The summed E-state index contributed by atoms with van der Waals surface area (Å²) in [6, 6.07) is 103. The fourth-order valence-corrected chi connectivity index (χ4v) is 13.7. The van der Waals surface area contributed by atoms with E-state index in [4.69, 9.17) is 19.9 Å². The molecule has 0 unspecified atom stereocenters. The highest BCUT2D eigenvalue weighted by Crippen LogP contribution is 2.43. The summed E-state index contributed by atoms with van der Waals surface area (Å²) in [4.78, 5) is 20.1. The minimum atomic E-state index is 0.737. The van der Waals surface area contributed by atoms with Crippen molar-refractivity contribution in [3.8, 4) is 89.8 Å². The molecule has 0 aliphatic heterocycles. The maximum absolute atomic E-state index is 5.07. The van der Waals surface area contributed by atoms with Gasteiger partial charge in [-0.1, -0.05) is 243 Å². The lowest BCUT2D eigenvalue weighted by molar-refractivity contribution is 1.23. The van der Waals surface area contributed by atoms with Crippen LogP contribution >= 0.6 is 22.7 Å². The van der Waals surface area contributed by atoms with Crippen molar-refractivity contribution in [1.82, 2.24) is 19.9 Å². The fraction of sp³-hybridized carbons (Fsp3) is 0. The maximum Gasteiger partial charge on any atom is 0.160 e. The SMILES string of the molecule is c1ccc(-c2nc(-c3ccccc3)c3cc(-c4ccc(-c5cccc6sc7ccccc7c56)cc4)ccc3n2)cc1.c1ccc(-c2nc(-c3ccccc3)c3ccc(-c4ccc(-c5cccc6sc7ccccc7c56)cc4)cc3n2)cc1. The van der Waals surface area contributed by atoms with E-state index in [9.17, 15) is 0 Å². The Hall–Kier alpha value is -10.2. The molecule has 0 aliphatic carbocycles. The third kappa shape index (κ3) is 9.16. The molecule has 82 heavy (non-hydrogen) atoms. The van der Waals surface area contributed by atoms with Crippen LogP contribution in [0.5, 0.6) is 0 Å². The highest BCUT2D eigenvalue weighted by atomic mass is 32.1. The van der Waals surface area contributed by atoms with Crippen LogP contribution in [0.25, 0.3) is 152 Å². The predicted octanol–water partition coefficient (Wildman–Crippen LogP) is 21.3. The van der Waals surface area contributed by atoms with Crippen molar-refractivity contribution < 1.29 is 0 Å². The highest BCUT2D eigenvalue weighted by molar-refractivity contribution is 7.26. The number of benzene rings is 12. The molecule has 0 atom stereocenters. The zero-order valence-corrected chi connectivity index (χ0v) is 46.0. The van der Waals surface area contributed by atoms with Crippen LogP contribution in [-0.2, 0) is 0 Å². The van der Waals surface area contributed by atoms with E-state index in [0.717, 1.165) is 78.2 Å². The second-order valence-electron chi connectivity index (χ2n) is 20.4. The lowest BCUT2D eigenvalue weighted by Gasteiger charge is -2.12. The number of fused-ring (bicyclic) bond motifs is 8. The molecular formula is C76H48N4S2. The Morgan fingerprint density at radius 2 is 0.585 bits per heavy atom. The average Bonchev–Trinajstić information content (AvgIpc) is 4.31. The van der Waals surface area contributed by atoms with Gasteiger partial charge in [-0.15, -0.1) is 22.7 Å². The molecule has 16 aromatic rings. The van der Waals surface area contributed by atoms with Gasteiger partial charge in [-0.3, -0.25) is 0 Å². The first-order chi connectivity index (χ1) is 40.6. The Morgan fingerprint density at radius 1 is 0.207 bits per heavy atom. The average molecular weight is 1080 g/mol. The van der Waals surface area contributed by atoms with Gasteiger partial charge in [0.25, 0.3) is 0 Å². The molecule has 0 radical (unpaired) electrons. The van der Waals surface area contributed by atoms with Crippen molar-refractivity contribution in [1.29, 1.82) is 0 Å². The van der Waals surface area contributed by atoms with E-state index in [1.165, 1.54) is 73.7 Å². The quantitative estimate of drug-likeness (QED) is 0.152. The first-order valence-electron chi connectivity index (χ1n) is 27.5. The van der Waals surface area contributed by atoms with Crippen LogP contribution in [0.1, 0.15) is 0 Å². The van der Waals surface area contributed by atoms with E-state index in [0.29, 0.717) is 0 Å². The standard InChI is InChI=1S/2C38H24N2S/c1-3-10-27(11-4-1)37-31-23-22-29(24-33(31)39-38(40-37)28-12-5-2-6-13-28)25-18-20-26(21-19-25)30-15-9-17-35-36(30)32-14-7-8-16-34(32)41-35;1-3-10-27(11-4-1)37-32-24-29(22-23-33(32)39-38(40-37)28-12-5-2-6-13-28)25-18-20-26(21-19-25)30-15-9-17-35-36(30)31-14-7-8-16-34(31)41-35/h2*1-24H. The lowest BCUT2D eigenvalue weighted by Crippen LogP contribution is -1.95. The molecule has 0 bridgehead atoms. The Kier molecular flexibility index (Phi) is 12.6. The largest absolute Gasteiger partial charge is 0.228 e. The molecule has 4 nitrogen and oxygen atoms in total. The van der Waals surface area contributed by atoms with Crippen LogP contribution in [0.3, 0.4) is 0 Å². The van der Waals surface area contributed by atoms with Gasteiger partial charge in [-0.25, -0.2) is 19.9 Å². The summed E-state index contributed by atoms with van der Waals surface area (Å²) in [6.07, 6.45) is 0. The monoisotopic (exact) mass is 1080 g/mol. The van der Waals surface area contributed by atoms with Crippen molar-refractivity contribution in [3.05, 3.63) is 291 Å². The summed E-state index contributed by atoms with van der Waals surface area (Å²) < 4.78 is 5.31. The maximum atomic E-state index is 5.07. The van der Waals surface area contributed by atoms with Crippen LogP contribution < -0.4 is 0 Å². The lowest BCUT2D eigenvalue weighted by atomic mass is 9.96. The van der Waals surface area contributed by atoms with Gasteiger partial charge in [0.1, 0.15) is 0 Å². The van der Waals surface area contributed by atoms with E-state index < -0.39 is 0 Å². The zero-order chi connectivity index (χ0) is 54.3. The Morgan fingerprint density at radius 3 is 1.09 bits per heavy atom. The molecule has 0 aliphatic rings. The summed E-state index contributed by atoms with van der Waals surface area (Å²) in [5.74, 6) is 1.48. The fourth-order valence-electron chi connectivity index (χ4n) is 11.4. The normalized spacial score (nSPS) is 11.4. The molecule has 0 spiro atoms. The van der Waals surface area contributed by atoms with Gasteiger partial charge in [-0.2, -0.15) is 0 Å². The molecule has 0 fully saturated rings.